The molecule has 180 valence electrons. The molecule has 3 aromatic rings. The van der Waals surface area contributed by atoms with Gasteiger partial charge in [-0.3, -0.25) is 29.6 Å². The van der Waals surface area contributed by atoms with Crippen LogP contribution in [0.5, 0.6) is 0 Å². The lowest BCUT2D eigenvalue weighted by Crippen LogP contribution is -2.52. The minimum Gasteiger partial charge on any atom is -0.367 e. The average molecular weight is 477 g/mol. The van der Waals surface area contributed by atoms with Crippen molar-refractivity contribution in [2.75, 3.05) is 31.1 Å². The summed E-state index contributed by atoms with van der Waals surface area (Å²) in [4.78, 5) is 50.2. The van der Waals surface area contributed by atoms with Crippen LogP contribution in [0, 0.1) is 5.82 Å². The number of piperidine rings is 1. The molecule has 2 N–H and O–H groups in total. The van der Waals surface area contributed by atoms with Gasteiger partial charge in [0, 0.05) is 69.2 Å². The molecule has 3 aliphatic rings. The van der Waals surface area contributed by atoms with E-state index in [1.165, 1.54) is 11.0 Å². The highest BCUT2D eigenvalue weighted by atomic mass is 19.1. The number of carbonyl (C=O) groups is 3. The average Bonchev–Trinajstić information content (AvgIpc) is 3.40. The number of pyridine rings is 1. The number of imide groups is 1. The van der Waals surface area contributed by atoms with E-state index in [-0.39, 0.29) is 31.2 Å². The van der Waals surface area contributed by atoms with Gasteiger partial charge < -0.3 is 14.8 Å². The summed E-state index contributed by atoms with van der Waals surface area (Å²) in [7, 11) is 0. The first-order valence-corrected chi connectivity index (χ1v) is 11.8. The van der Waals surface area contributed by atoms with E-state index in [0.717, 1.165) is 36.2 Å². The molecule has 0 spiro atoms. The van der Waals surface area contributed by atoms with Crippen LogP contribution in [0.2, 0.25) is 0 Å². The van der Waals surface area contributed by atoms with Crippen molar-refractivity contribution in [3.05, 3.63) is 59.2 Å². The molecule has 9 nitrogen and oxygen atoms in total. The summed E-state index contributed by atoms with van der Waals surface area (Å²) in [6, 6.07) is 6.24. The standard InChI is InChI=1S/C25H25FN6O3/c26-18-11-17-15(14-32(25(17)35)20-3-4-22(33)29-24(20)34)10-21(18)31-8-6-30(7-9-31)13-16-12-28-19-2-1-5-27-23(16)19/h1-2,5,10-12,20,28H,3-4,6-9,13-14H2,(H,29,33,34). The van der Waals surface area contributed by atoms with Crippen LogP contribution >= 0.6 is 0 Å². The summed E-state index contributed by atoms with van der Waals surface area (Å²) in [5, 5.41) is 2.29. The number of carbonyl (C=O) groups excluding carboxylic acids is 3. The molecule has 35 heavy (non-hydrogen) atoms. The van der Waals surface area contributed by atoms with Gasteiger partial charge in [0.15, 0.2) is 0 Å². The third-order valence-electron chi connectivity index (χ3n) is 7.21. The third kappa shape index (κ3) is 3.83. The van der Waals surface area contributed by atoms with Crippen molar-refractivity contribution in [2.45, 2.75) is 32.0 Å². The molecule has 10 heteroatoms. The number of anilines is 1. The van der Waals surface area contributed by atoms with Crippen LogP contribution in [0.15, 0.2) is 36.7 Å². The van der Waals surface area contributed by atoms with E-state index in [0.29, 0.717) is 29.9 Å². The number of aromatic amines is 1. The normalized spacial score (nSPS) is 21.1. The largest absolute Gasteiger partial charge is 0.367 e. The second-order valence-corrected chi connectivity index (χ2v) is 9.34. The van der Waals surface area contributed by atoms with Gasteiger partial charge in [0.25, 0.3) is 5.91 Å². The van der Waals surface area contributed by atoms with E-state index in [2.05, 4.69) is 20.2 Å². The Kier molecular flexibility index (Phi) is 5.25. The first-order valence-electron chi connectivity index (χ1n) is 11.8. The molecule has 2 saturated heterocycles. The number of hydrogen-bond acceptors (Lipinski definition) is 6. The highest BCUT2D eigenvalue weighted by Gasteiger charge is 2.40. The first-order chi connectivity index (χ1) is 17.0. The monoisotopic (exact) mass is 476 g/mol. The topological polar surface area (TPSA) is 102 Å². The number of aromatic nitrogens is 2. The van der Waals surface area contributed by atoms with Crippen molar-refractivity contribution >= 4 is 34.4 Å². The number of benzene rings is 1. The quantitative estimate of drug-likeness (QED) is 0.557. The maximum atomic E-state index is 15.1. The summed E-state index contributed by atoms with van der Waals surface area (Å²) in [5.41, 5.74) is 4.62. The molecule has 0 aliphatic carbocycles. The molecule has 2 aromatic heterocycles. The molecule has 3 aliphatic heterocycles. The van der Waals surface area contributed by atoms with Crippen LogP contribution in [0.3, 0.4) is 0 Å². The predicted octanol–water partition coefficient (Wildman–Crippen LogP) is 1.79. The Balaban J connectivity index is 1.14. The number of H-pyrrole nitrogens is 1. The van der Waals surface area contributed by atoms with Gasteiger partial charge in [-0.05, 0) is 36.2 Å². The van der Waals surface area contributed by atoms with Crippen molar-refractivity contribution in [3.8, 4) is 0 Å². The SMILES string of the molecule is O=C1CCC(N2Cc3cc(N4CCN(Cc5c[nH]c6cccnc56)CC4)c(F)cc3C2=O)C(=O)N1. The molecule has 2 fully saturated rings. The predicted molar refractivity (Wildman–Crippen MR) is 126 cm³/mol. The first kappa shape index (κ1) is 21.7. The number of hydrogen-bond donors (Lipinski definition) is 2. The Morgan fingerprint density at radius 1 is 1.11 bits per heavy atom. The number of halogens is 1. The molecule has 0 bridgehead atoms. The zero-order valence-corrected chi connectivity index (χ0v) is 19.1. The molecular formula is C25H25FN6O3. The smallest absolute Gasteiger partial charge is 0.255 e. The molecule has 1 unspecified atom stereocenters. The van der Waals surface area contributed by atoms with Gasteiger partial charge in [-0.1, -0.05) is 0 Å². The molecule has 0 radical (unpaired) electrons. The van der Waals surface area contributed by atoms with Crippen LogP contribution in [-0.4, -0.2) is 69.7 Å². The number of piperazine rings is 1. The van der Waals surface area contributed by atoms with Gasteiger partial charge in [-0.2, -0.15) is 0 Å². The Labute approximate surface area is 200 Å². The Morgan fingerprint density at radius 2 is 1.94 bits per heavy atom. The Hall–Kier alpha value is -3.79. The lowest BCUT2D eigenvalue weighted by molar-refractivity contribution is -0.136. The molecule has 1 atom stereocenters. The van der Waals surface area contributed by atoms with E-state index in [1.807, 2.05) is 23.2 Å². The summed E-state index contributed by atoms with van der Waals surface area (Å²) >= 11 is 0. The van der Waals surface area contributed by atoms with Crippen molar-refractivity contribution in [1.29, 1.82) is 0 Å². The summed E-state index contributed by atoms with van der Waals surface area (Å²) < 4.78 is 15.1. The number of rotatable bonds is 4. The highest BCUT2D eigenvalue weighted by Crippen LogP contribution is 2.33. The van der Waals surface area contributed by atoms with Gasteiger partial charge in [-0.15, -0.1) is 0 Å². The van der Waals surface area contributed by atoms with E-state index in [9.17, 15) is 14.4 Å². The van der Waals surface area contributed by atoms with E-state index in [1.54, 1.807) is 12.3 Å². The number of amides is 3. The van der Waals surface area contributed by atoms with E-state index < -0.39 is 17.8 Å². The summed E-state index contributed by atoms with van der Waals surface area (Å²) in [6.07, 6.45) is 4.26. The minimum absolute atomic E-state index is 0.190. The second-order valence-electron chi connectivity index (χ2n) is 9.34. The van der Waals surface area contributed by atoms with Gasteiger partial charge in [-0.25, -0.2) is 4.39 Å². The molecular weight excluding hydrogens is 451 g/mol. The zero-order valence-electron chi connectivity index (χ0n) is 19.1. The molecule has 3 amide bonds. The number of nitrogens with one attached hydrogen (secondary N) is 2. The molecule has 5 heterocycles. The molecule has 0 saturated carbocycles. The minimum atomic E-state index is -0.707. The lowest BCUT2D eigenvalue weighted by atomic mass is 10.0. The summed E-state index contributed by atoms with van der Waals surface area (Å²) in [6.45, 7) is 3.88. The number of fused-ring (bicyclic) bond motifs is 2. The van der Waals surface area contributed by atoms with Crippen LogP contribution in [0.1, 0.15) is 34.3 Å². The maximum absolute atomic E-state index is 15.1. The van der Waals surface area contributed by atoms with E-state index >= 15 is 4.39 Å². The number of nitrogens with zero attached hydrogens (tertiary/aromatic N) is 4. The summed E-state index contributed by atoms with van der Waals surface area (Å²) in [5.74, 6) is -1.60. The van der Waals surface area contributed by atoms with Crippen molar-refractivity contribution in [3.63, 3.8) is 0 Å². The van der Waals surface area contributed by atoms with Gasteiger partial charge >= 0.3 is 0 Å². The van der Waals surface area contributed by atoms with Gasteiger partial charge in [0.1, 0.15) is 11.9 Å². The van der Waals surface area contributed by atoms with E-state index in [4.69, 9.17) is 0 Å². The second kappa shape index (κ2) is 8.46. The lowest BCUT2D eigenvalue weighted by Gasteiger charge is -2.36. The maximum Gasteiger partial charge on any atom is 0.255 e. The molecule has 1 aromatic carbocycles. The van der Waals surface area contributed by atoms with Gasteiger partial charge in [0.05, 0.1) is 16.7 Å². The van der Waals surface area contributed by atoms with Gasteiger partial charge in [0.2, 0.25) is 11.8 Å². The van der Waals surface area contributed by atoms with Crippen LogP contribution in [-0.2, 0) is 22.7 Å². The van der Waals surface area contributed by atoms with Crippen molar-refractivity contribution in [2.24, 2.45) is 0 Å². The van der Waals surface area contributed by atoms with Crippen molar-refractivity contribution < 1.29 is 18.8 Å². The highest BCUT2D eigenvalue weighted by molar-refractivity contribution is 6.05. The molecule has 6 rings (SSSR count). The van der Waals surface area contributed by atoms with Crippen LogP contribution < -0.4 is 10.2 Å². The fourth-order valence-electron chi connectivity index (χ4n) is 5.34. The fraction of sp³-hybridized carbons (Fsp3) is 0.360. The Morgan fingerprint density at radius 3 is 2.74 bits per heavy atom. The Bertz CT molecular complexity index is 1350. The van der Waals surface area contributed by atoms with Crippen LogP contribution in [0.4, 0.5) is 10.1 Å². The third-order valence-corrected chi connectivity index (χ3v) is 7.21. The van der Waals surface area contributed by atoms with Crippen molar-refractivity contribution in [1.82, 2.24) is 25.1 Å². The fourth-order valence-corrected chi connectivity index (χ4v) is 5.34. The van der Waals surface area contributed by atoms with Crippen LogP contribution in [0.25, 0.3) is 11.0 Å². The zero-order chi connectivity index (χ0) is 24.1.